The van der Waals surface area contributed by atoms with Crippen molar-refractivity contribution in [2.75, 3.05) is 20.1 Å². The topological polar surface area (TPSA) is 23.5 Å². The van der Waals surface area contributed by atoms with Gasteiger partial charge in [-0.25, -0.2) is 0 Å². The van der Waals surface area contributed by atoms with Gasteiger partial charge in [0, 0.05) is 6.54 Å². The van der Waals surface area contributed by atoms with Crippen LogP contribution in [-0.4, -0.2) is 30.1 Å². The van der Waals surface area contributed by atoms with Gasteiger partial charge >= 0.3 is 0 Å². The van der Waals surface area contributed by atoms with Gasteiger partial charge < -0.3 is 10.0 Å². The maximum Gasteiger partial charge on any atom is 0.115 e. The number of rotatable bonds is 0. The maximum atomic E-state index is 9.68. The zero-order valence-electron chi connectivity index (χ0n) is 10.7. The van der Waals surface area contributed by atoms with E-state index in [1.807, 2.05) is 12.1 Å². The molecule has 1 fully saturated rings. The summed E-state index contributed by atoms with van der Waals surface area (Å²) in [5.41, 5.74) is 2.87. The monoisotopic (exact) mass is 231 g/mol. The van der Waals surface area contributed by atoms with E-state index >= 15 is 0 Å². The highest BCUT2D eigenvalue weighted by Crippen LogP contribution is 2.44. The fourth-order valence-corrected chi connectivity index (χ4v) is 3.69. The third kappa shape index (κ3) is 1.85. The molecule has 0 amide bonds. The average Bonchev–Trinajstić information content (AvgIpc) is 2.39. The van der Waals surface area contributed by atoms with Crippen LogP contribution in [0.1, 0.15) is 30.4 Å². The molecule has 1 saturated heterocycles. The second-order valence-electron chi connectivity index (χ2n) is 5.86. The molecule has 1 aliphatic carbocycles. The van der Waals surface area contributed by atoms with Crippen molar-refractivity contribution in [2.45, 2.75) is 25.7 Å². The van der Waals surface area contributed by atoms with E-state index in [9.17, 15) is 5.11 Å². The predicted octanol–water partition coefficient (Wildman–Crippen LogP) is 2.62. The van der Waals surface area contributed by atoms with Crippen molar-refractivity contribution >= 4 is 0 Å². The summed E-state index contributed by atoms with van der Waals surface area (Å²) in [6.45, 7) is 4.79. The zero-order valence-corrected chi connectivity index (χ0v) is 10.7. The van der Waals surface area contributed by atoms with Crippen LogP contribution in [0.4, 0.5) is 0 Å². The van der Waals surface area contributed by atoms with E-state index in [0.717, 1.165) is 11.8 Å². The molecule has 2 heteroatoms. The van der Waals surface area contributed by atoms with E-state index in [1.54, 1.807) is 0 Å². The van der Waals surface area contributed by atoms with Gasteiger partial charge in [0.15, 0.2) is 0 Å². The number of likely N-dealkylation sites (tertiary alicyclic amines) is 1. The number of hydrogen-bond donors (Lipinski definition) is 1. The minimum Gasteiger partial charge on any atom is -0.508 e. The summed E-state index contributed by atoms with van der Waals surface area (Å²) in [6, 6.07) is 5.96. The van der Waals surface area contributed by atoms with Gasteiger partial charge in [0.1, 0.15) is 5.75 Å². The molecule has 1 heterocycles. The molecule has 2 nitrogen and oxygen atoms in total. The van der Waals surface area contributed by atoms with Gasteiger partial charge in [0.2, 0.25) is 0 Å². The van der Waals surface area contributed by atoms with Crippen LogP contribution in [0, 0.1) is 11.8 Å². The Hall–Kier alpha value is -1.02. The molecule has 1 aromatic rings. The Morgan fingerprint density at radius 3 is 3.00 bits per heavy atom. The lowest BCUT2D eigenvalue weighted by Gasteiger charge is -2.36. The first-order valence-electron chi connectivity index (χ1n) is 6.65. The fourth-order valence-electron chi connectivity index (χ4n) is 3.69. The van der Waals surface area contributed by atoms with Crippen LogP contribution < -0.4 is 0 Å². The van der Waals surface area contributed by atoms with Crippen molar-refractivity contribution in [1.29, 1.82) is 0 Å². The van der Waals surface area contributed by atoms with Crippen molar-refractivity contribution < 1.29 is 5.11 Å². The molecule has 0 spiro atoms. The summed E-state index contributed by atoms with van der Waals surface area (Å²) in [7, 11) is 2.23. The van der Waals surface area contributed by atoms with Crippen molar-refractivity contribution in [3.05, 3.63) is 29.3 Å². The van der Waals surface area contributed by atoms with Crippen molar-refractivity contribution in [1.82, 2.24) is 4.90 Å². The third-order valence-electron chi connectivity index (χ3n) is 4.76. The molecule has 17 heavy (non-hydrogen) atoms. The lowest BCUT2D eigenvalue weighted by Crippen LogP contribution is -2.31. The van der Waals surface area contributed by atoms with Crippen molar-refractivity contribution in [3.63, 3.8) is 0 Å². The standard InChI is InChI=1S/C15H21NO/c1-10-12-7-11-3-4-13(17)8-15(11)14(10)5-6-16(2)9-12/h3-4,8,10,12,14,17H,5-7,9H2,1-2H3/t10-,12?,14-/m1/s1. The maximum absolute atomic E-state index is 9.68. The molecular weight excluding hydrogens is 210 g/mol. The first-order chi connectivity index (χ1) is 8.15. The number of nitrogens with zero attached hydrogens (tertiary/aromatic N) is 1. The molecule has 1 aliphatic heterocycles. The molecular formula is C15H21NO. The Morgan fingerprint density at radius 1 is 1.35 bits per heavy atom. The summed E-state index contributed by atoms with van der Waals surface area (Å²) in [4.78, 5) is 2.47. The SMILES string of the molecule is C[C@@H]1C2Cc3ccc(O)cc3[C@@H]1CCN(C)C2. The van der Waals surface area contributed by atoms with E-state index in [0.29, 0.717) is 11.7 Å². The Bertz CT molecular complexity index is 429. The molecule has 0 saturated carbocycles. The van der Waals surface area contributed by atoms with Gasteiger partial charge in [-0.15, -0.1) is 0 Å². The minimum absolute atomic E-state index is 0.423. The van der Waals surface area contributed by atoms with E-state index < -0.39 is 0 Å². The molecule has 1 N–H and O–H groups in total. The van der Waals surface area contributed by atoms with Crippen LogP contribution in [0.15, 0.2) is 18.2 Å². The fraction of sp³-hybridized carbons (Fsp3) is 0.600. The van der Waals surface area contributed by atoms with Crippen LogP contribution >= 0.6 is 0 Å². The summed E-state index contributed by atoms with van der Waals surface area (Å²) >= 11 is 0. The number of phenolic OH excluding ortho intramolecular Hbond substituents is 1. The summed E-state index contributed by atoms with van der Waals surface area (Å²) in [6.07, 6.45) is 2.40. The summed E-state index contributed by atoms with van der Waals surface area (Å²) < 4.78 is 0. The Kier molecular flexibility index (Phi) is 2.62. The molecule has 2 aliphatic rings. The molecule has 92 valence electrons. The number of phenols is 1. The lowest BCUT2D eigenvalue weighted by atomic mass is 9.69. The van der Waals surface area contributed by atoms with Gasteiger partial charge in [-0.05, 0) is 67.4 Å². The Balaban J connectivity index is 2.04. The van der Waals surface area contributed by atoms with Crippen LogP contribution in [0.5, 0.6) is 5.75 Å². The van der Waals surface area contributed by atoms with Gasteiger partial charge in [-0.3, -0.25) is 0 Å². The highest BCUT2D eigenvalue weighted by Gasteiger charge is 2.36. The number of benzene rings is 1. The normalized spacial score (nSPS) is 32.9. The number of fused-ring (bicyclic) bond motifs is 4. The minimum atomic E-state index is 0.423. The van der Waals surface area contributed by atoms with Gasteiger partial charge in [0.05, 0.1) is 0 Å². The predicted molar refractivity (Wildman–Crippen MR) is 69.3 cm³/mol. The van der Waals surface area contributed by atoms with E-state index in [-0.39, 0.29) is 0 Å². The molecule has 1 aromatic carbocycles. The van der Waals surface area contributed by atoms with Crippen molar-refractivity contribution in [3.8, 4) is 5.75 Å². The Labute approximate surface area is 103 Å². The first-order valence-corrected chi connectivity index (χ1v) is 6.65. The van der Waals surface area contributed by atoms with Crippen molar-refractivity contribution in [2.24, 2.45) is 11.8 Å². The van der Waals surface area contributed by atoms with Crippen LogP contribution in [0.3, 0.4) is 0 Å². The molecule has 3 rings (SSSR count). The first kappa shape index (κ1) is 11.1. The molecule has 2 bridgehead atoms. The molecule has 1 unspecified atom stereocenters. The smallest absolute Gasteiger partial charge is 0.115 e. The van der Waals surface area contributed by atoms with E-state index in [4.69, 9.17) is 0 Å². The van der Waals surface area contributed by atoms with Crippen LogP contribution in [-0.2, 0) is 6.42 Å². The van der Waals surface area contributed by atoms with Gasteiger partial charge in [-0.1, -0.05) is 13.0 Å². The highest BCUT2D eigenvalue weighted by molar-refractivity contribution is 5.40. The number of hydrogen-bond acceptors (Lipinski definition) is 2. The second-order valence-corrected chi connectivity index (χ2v) is 5.86. The highest BCUT2D eigenvalue weighted by atomic mass is 16.3. The second kappa shape index (κ2) is 4.02. The van der Waals surface area contributed by atoms with Crippen LogP contribution in [0.2, 0.25) is 0 Å². The van der Waals surface area contributed by atoms with E-state index in [1.165, 1.54) is 37.1 Å². The van der Waals surface area contributed by atoms with Gasteiger partial charge in [0.25, 0.3) is 0 Å². The third-order valence-corrected chi connectivity index (χ3v) is 4.76. The average molecular weight is 231 g/mol. The quantitative estimate of drug-likeness (QED) is 0.742. The Morgan fingerprint density at radius 2 is 2.18 bits per heavy atom. The molecule has 3 atom stereocenters. The summed E-state index contributed by atoms with van der Waals surface area (Å²) in [5, 5.41) is 9.68. The molecule has 0 aromatic heterocycles. The zero-order chi connectivity index (χ0) is 12.0. The van der Waals surface area contributed by atoms with Gasteiger partial charge in [-0.2, -0.15) is 0 Å². The summed E-state index contributed by atoms with van der Waals surface area (Å²) in [5.74, 6) is 2.59. The number of aromatic hydroxyl groups is 1. The van der Waals surface area contributed by atoms with E-state index in [2.05, 4.69) is 24.9 Å². The van der Waals surface area contributed by atoms with Crippen LogP contribution in [0.25, 0.3) is 0 Å². The largest absolute Gasteiger partial charge is 0.508 e. The molecule has 0 radical (unpaired) electrons. The lowest BCUT2D eigenvalue weighted by molar-refractivity contribution is 0.247.